The summed E-state index contributed by atoms with van der Waals surface area (Å²) in [5.74, 6) is 1.93. The van der Waals surface area contributed by atoms with Crippen LogP contribution in [0.4, 0.5) is 0 Å². The van der Waals surface area contributed by atoms with Crippen molar-refractivity contribution >= 4 is 0 Å². The Morgan fingerprint density at radius 3 is 2.23 bits per heavy atom. The average molecular weight is 347 g/mol. The van der Waals surface area contributed by atoms with Crippen LogP contribution < -0.4 is 0 Å². The lowest BCUT2D eigenvalue weighted by molar-refractivity contribution is 0.250. The van der Waals surface area contributed by atoms with E-state index in [4.69, 9.17) is 5.26 Å². The molecule has 1 fully saturated rings. The zero-order valence-corrected chi connectivity index (χ0v) is 16.0. The second kappa shape index (κ2) is 9.53. The normalized spacial score (nSPS) is 19.8. The first-order chi connectivity index (χ1) is 12.8. The number of nitriles is 1. The van der Waals surface area contributed by atoms with Gasteiger partial charge in [-0.2, -0.15) is 5.26 Å². The summed E-state index contributed by atoms with van der Waals surface area (Å²) < 4.78 is 0. The SMILES string of the molecule is CCCCC1CCC(CCc2ccc(-c3ccc(C#N)cn3)cc2)CC1. The third-order valence-corrected chi connectivity index (χ3v) is 5.92. The summed E-state index contributed by atoms with van der Waals surface area (Å²) in [7, 11) is 0. The first kappa shape index (κ1) is 18.6. The van der Waals surface area contributed by atoms with Gasteiger partial charge in [0.1, 0.15) is 6.07 Å². The van der Waals surface area contributed by atoms with E-state index < -0.39 is 0 Å². The third kappa shape index (κ3) is 5.18. The number of rotatable bonds is 7. The van der Waals surface area contributed by atoms with E-state index in [-0.39, 0.29) is 0 Å². The van der Waals surface area contributed by atoms with Gasteiger partial charge in [0.25, 0.3) is 0 Å². The van der Waals surface area contributed by atoms with Gasteiger partial charge >= 0.3 is 0 Å². The summed E-state index contributed by atoms with van der Waals surface area (Å²) in [6, 6.07) is 14.7. The fourth-order valence-electron chi connectivity index (χ4n) is 4.15. The summed E-state index contributed by atoms with van der Waals surface area (Å²) in [4.78, 5) is 4.37. The summed E-state index contributed by atoms with van der Waals surface area (Å²) >= 11 is 0. The Kier molecular flexibility index (Phi) is 6.83. The zero-order chi connectivity index (χ0) is 18.2. The van der Waals surface area contributed by atoms with Crippen molar-refractivity contribution in [1.82, 2.24) is 4.98 Å². The first-order valence-corrected chi connectivity index (χ1v) is 10.2. The van der Waals surface area contributed by atoms with Gasteiger partial charge in [-0.25, -0.2) is 0 Å². The maximum atomic E-state index is 8.86. The Hall–Kier alpha value is -2.14. The van der Waals surface area contributed by atoms with Crippen molar-refractivity contribution in [3.8, 4) is 17.3 Å². The molecule has 1 saturated carbocycles. The van der Waals surface area contributed by atoms with E-state index in [9.17, 15) is 0 Å². The second-order valence-corrected chi connectivity index (χ2v) is 7.81. The van der Waals surface area contributed by atoms with Crippen LogP contribution in [0.15, 0.2) is 42.6 Å². The molecule has 1 aliphatic carbocycles. The predicted molar refractivity (Wildman–Crippen MR) is 108 cm³/mol. The molecule has 0 unspecified atom stereocenters. The summed E-state index contributed by atoms with van der Waals surface area (Å²) in [5.41, 5.74) is 4.08. The molecule has 1 heterocycles. The molecule has 1 aromatic carbocycles. The van der Waals surface area contributed by atoms with Crippen LogP contribution >= 0.6 is 0 Å². The quantitative estimate of drug-likeness (QED) is 0.570. The van der Waals surface area contributed by atoms with Crippen LogP contribution in [0, 0.1) is 23.2 Å². The summed E-state index contributed by atoms with van der Waals surface area (Å²) in [6.07, 6.45) is 14.1. The number of pyridine rings is 1. The van der Waals surface area contributed by atoms with Gasteiger partial charge in [-0.3, -0.25) is 4.98 Å². The fourth-order valence-corrected chi connectivity index (χ4v) is 4.15. The number of benzene rings is 1. The number of hydrogen-bond acceptors (Lipinski definition) is 2. The summed E-state index contributed by atoms with van der Waals surface area (Å²) in [5, 5.41) is 8.86. The molecule has 0 radical (unpaired) electrons. The van der Waals surface area contributed by atoms with Crippen molar-refractivity contribution < 1.29 is 0 Å². The van der Waals surface area contributed by atoms with Crippen LogP contribution in [-0.4, -0.2) is 4.98 Å². The molecule has 0 N–H and O–H groups in total. The molecule has 0 atom stereocenters. The predicted octanol–water partition coefficient (Wildman–Crippen LogP) is 6.55. The Morgan fingerprint density at radius 1 is 0.962 bits per heavy atom. The van der Waals surface area contributed by atoms with E-state index in [1.54, 1.807) is 6.20 Å². The molecule has 0 aliphatic heterocycles. The monoisotopic (exact) mass is 346 g/mol. The highest BCUT2D eigenvalue weighted by atomic mass is 14.7. The smallest absolute Gasteiger partial charge is 0.101 e. The molecular formula is C24H30N2. The molecule has 3 rings (SSSR count). The molecule has 2 aromatic rings. The van der Waals surface area contributed by atoms with Crippen LogP contribution in [0.2, 0.25) is 0 Å². The van der Waals surface area contributed by atoms with Crippen LogP contribution in [0.5, 0.6) is 0 Å². The van der Waals surface area contributed by atoms with Crippen LogP contribution in [0.3, 0.4) is 0 Å². The van der Waals surface area contributed by atoms with Crippen LogP contribution in [0.1, 0.15) is 69.4 Å². The zero-order valence-electron chi connectivity index (χ0n) is 16.0. The maximum Gasteiger partial charge on any atom is 0.101 e. The Balaban J connectivity index is 1.47. The lowest BCUT2D eigenvalue weighted by atomic mass is 9.78. The van der Waals surface area contributed by atoms with Gasteiger partial charge in [0.15, 0.2) is 0 Å². The highest BCUT2D eigenvalue weighted by molar-refractivity contribution is 5.59. The maximum absolute atomic E-state index is 8.86. The van der Waals surface area contributed by atoms with Crippen LogP contribution in [-0.2, 0) is 6.42 Å². The van der Waals surface area contributed by atoms with Gasteiger partial charge in [0, 0.05) is 11.8 Å². The minimum Gasteiger partial charge on any atom is -0.255 e. The molecular weight excluding hydrogens is 316 g/mol. The molecule has 0 spiro atoms. The number of aromatic nitrogens is 1. The van der Waals surface area contributed by atoms with E-state index in [1.165, 1.54) is 63.4 Å². The second-order valence-electron chi connectivity index (χ2n) is 7.81. The number of hydrogen-bond donors (Lipinski definition) is 0. The molecule has 26 heavy (non-hydrogen) atoms. The molecule has 2 nitrogen and oxygen atoms in total. The molecule has 1 aromatic heterocycles. The van der Waals surface area contributed by atoms with Crippen LogP contribution in [0.25, 0.3) is 11.3 Å². The minimum absolute atomic E-state index is 0.606. The van der Waals surface area contributed by atoms with E-state index in [0.29, 0.717) is 5.56 Å². The molecule has 136 valence electrons. The Morgan fingerprint density at radius 2 is 1.65 bits per heavy atom. The topological polar surface area (TPSA) is 36.7 Å². The highest BCUT2D eigenvalue weighted by Crippen LogP contribution is 2.34. The van der Waals surface area contributed by atoms with Gasteiger partial charge in [-0.1, -0.05) is 76.1 Å². The molecule has 0 amide bonds. The van der Waals surface area contributed by atoms with Gasteiger partial charge in [-0.15, -0.1) is 0 Å². The standard InChI is InChI=1S/C24H30N2/c1-2-3-4-19-5-7-20(8-6-19)9-10-21-11-14-23(15-12-21)24-16-13-22(17-25)18-26-24/h11-16,18-20H,2-10H2,1H3. The van der Waals surface area contributed by atoms with Gasteiger partial charge < -0.3 is 0 Å². The molecule has 2 heteroatoms. The third-order valence-electron chi connectivity index (χ3n) is 5.92. The molecule has 1 aliphatic rings. The van der Waals surface area contributed by atoms with Crippen molar-refractivity contribution in [1.29, 1.82) is 5.26 Å². The Labute approximate surface area is 158 Å². The largest absolute Gasteiger partial charge is 0.255 e. The lowest BCUT2D eigenvalue weighted by Gasteiger charge is -2.28. The molecule has 0 bridgehead atoms. The van der Waals surface area contributed by atoms with E-state index in [0.717, 1.165) is 23.1 Å². The van der Waals surface area contributed by atoms with Gasteiger partial charge in [0.2, 0.25) is 0 Å². The lowest BCUT2D eigenvalue weighted by Crippen LogP contribution is -2.15. The van der Waals surface area contributed by atoms with Crippen molar-refractivity contribution in [2.24, 2.45) is 11.8 Å². The van der Waals surface area contributed by atoms with Crippen molar-refractivity contribution in [3.05, 3.63) is 53.7 Å². The highest BCUT2D eigenvalue weighted by Gasteiger charge is 2.20. The first-order valence-electron chi connectivity index (χ1n) is 10.2. The Bertz CT molecular complexity index is 701. The number of unbranched alkanes of at least 4 members (excludes halogenated alkanes) is 1. The van der Waals surface area contributed by atoms with E-state index >= 15 is 0 Å². The van der Waals surface area contributed by atoms with Crippen molar-refractivity contribution in [2.45, 2.75) is 64.7 Å². The van der Waals surface area contributed by atoms with Crippen molar-refractivity contribution in [3.63, 3.8) is 0 Å². The van der Waals surface area contributed by atoms with Gasteiger partial charge in [0.05, 0.1) is 11.3 Å². The minimum atomic E-state index is 0.606. The average Bonchev–Trinajstić information content (AvgIpc) is 2.72. The fraction of sp³-hybridized carbons (Fsp3) is 0.500. The van der Waals surface area contributed by atoms with E-state index in [2.05, 4.69) is 42.2 Å². The van der Waals surface area contributed by atoms with Crippen molar-refractivity contribution in [2.75, 3.05) is 0 Å². The number of aryl methyl sites for hydroxylation is 1. The summed E-state index contributed by atoms with van der Waals surface area (Å²) in [6.45, 7) is 2.30. The number of nitrogens with zero attached hydrogens (tertiary/aromatic N) is 2. The van der Waals surface area contributed by atoms with Gasteiger partial charge in [-0.05, 0) is 42.4 Å². The van der Waals surface area contributed by atoms with E-state index in [1.807, 2.05) is 12.1 Å². The molecule has 0 saturated heterocycles.